The number of hydrogen-bond donors (Lipinski definition) is 2. The number of anilines is 2. The number of rotatable bonds is 6. The topological polar surface area (TPSA) is 89.5 Å². The number of hydrogen-bond acceptors (Lipinski definition) is 4. The maximum atomic E-state index is 12.9. The Morgan fingerprint density at radius 2 is 1.77 bits per heavy atom. The molecule has 0 spiro atoms. The van der Waals surface area contributed by atoms with E-state index in [9.17, 15) is 9.59 Å². The third-order valence-corrected chi connectivity index (χ3v) is 4.96. The van der Waals surface area contributed by atoms with E-state index < -0.39 is 0 Å². The number of pyridine rings is 1. The van der Waals surface area contributed by atoms with Gasteiger partial charge in [-0.1, -0.05) is 36.4 Å². The lowest BCUT2D eigenvalue weighted by molar-refractivity contribution is -0.117. The van der Waals surface area contributed by atoms with Crippen LogP contribution in [0.3, 0.4) is 0 Å². The number of aromatic nitrogens is 1. The molecule has 0 saturated heterocycles. The lowest BCUT2D eigenvalue weighted by atomic mass is 10.0. The van der Waals surface area contributed by atoms with E-state index in [-0.39, 0.29) is 17.8 Å². The van der Waals surface area contributed by atoms with Crippen molar-refractivity contribution in [2.75, 3.05) is 5.32 Å². The van der Waals surface area contributed by atoms with Crippen molar-refractivity contribution in [3.05, 3.63) is 100.0 Å². The summed E-state index contributed by atoms with van der Waals surface area (Å²) >= 11 is 0. The zero-order valence-electron chi connectivity index (χ0n) is 16.4. The van der Waals surface area contributed by atoms with Gasteiger partial charge in [0.05, 0.1) is 5.56 Å². The second kappa shape index (κ2) is 8.61. The molecule has 3 aromatic rings. The molecule has 6 nitrogen and oxygen atoms in total. The van der Waals surface area contributed by atoms with E-state index in [0.29, 0.717) is 24.2 Å². The average Bonchev–Trinajstić information content (AvgIpc) is 2.97. The molecule has 0 bridgehead atoms. The highest BCUT2D eigenvalue weighted by atomic mass is 16.1. The van der Waals surface area contributed by atoms with E-state index >= 15 is 0 Å². The second-order valence-electron chi connectivity index (χ2n) is 7.12. The normalized spacial score (nSPS) is 12.6. The number of amides is 1. The minimum absolute atomic E-state index is 0.107. The molecule has 30 heavy (non-hydrogen) atoms. The summed E-state index contributed by atoms with van der Waals surface area (Å²) in [6, 6.07) is 21.2. The summed E-state index contributed by atoms with van der Waals surface area (Å²) in [5, 5.41) is 3.37. The van der Waals surface area contributed by atoms with Crippen LogP contribution in [0.5, 0.6) is 0 Å². The fraction of sp³-hybridized carbons (Fsp3) is 0.125. The number of nitrogens with zero attached hydrogens (tertiary/aromatic N) is 2. The maximum Gasteiger partial charge on any atom is 0.217 e. The molecule has 3 N–H and O–H groups in total. The van der Waals surface area contributed by atoms with Crippen LogP contribution in [0.15, 0.2) is 88.3 Å². The number of primary amides is 1. The van der Waals surface area contributed by atoms with Crippen LogP contribution in [0.25, 0.3) is 5.69 Å². The summed E-state index contributed by atoms with van der Waals surface area (Å²) in [4.78, 5) is 28.5. The van der Waals surface area contributed by atoms with E-state index in [0.717, 1.165) is 22.6 Å². The first-order chi connectivity index (χ1) is 14.6. The van der Waals surface area contributed by atoms with E-state index in [1.165, 1.54) is 0 Å². The first-order valence-corrected chi connectivity index (χ1v) is 9.77. The van der Waals surface area contributed by atoms with Gasteiger partial charge in [0.15, 0.2) is 5.43 Å². The number of para-hydroxylation sites is 2. The van der Waals surface area contributed by atoms with Gasteiger partial charge in [0.1, 0.15) is 5.82 Å². The molecule has 0 fully saturated rings. The highest BCUT2D eigenvalue weighted by molar-refractivity contribution is 5.84. The summed E-state index contributed by atoms with van der Waals surface area (Å²) in [6.45, 7) is 0. The Kier molecular flexibility index (Phi) is 5.57. The molecule has 2 heterocycles. The van der Waals surface area contributed by atoms with Gasteiger partial charge in [0.25, 0.3) is 0 Å². The lowest BCUT2D eigenvalue weighted by Gasteiger charge is -2.22. The van der Waals surface area contributed by atoms with Crippen LogP contribution in [0.4, 0.5) is 11.5 Å². The van der Waals surface area contributed by atoms with Crippen molar-refractivity contribution in [2.24, 2.45) is 10.7 Å². The molecule has 0 saturated carbocycles. The van der Waals surface area contributed by atoms with Gasteiger partial charge in [0.2, 0.25) is 5.91 Å². The number of fused-ring (bicyclic) bond motifs is 1. The third-order valence-electron chi connectivity index (χ3n) is 4.96. The quantitative estimate of drug-likeness (QED) is 0.663. The monoisotopic (exact) mass is 398 g/mol. The van der Waals surface area contributed by atoms with Crippen LogP contribution < -0.4 is 16.5 Å². The van der Waals surface area contributed by atoms with Crippen LogP contribution in [-0.2, 0) is 11.2 Å². The average molecular weight is 398 g/mol. The summed E-state index contributed by atoms with van der Waals surface area (Å²) < 4.78 is 2.04. The largest absolute Gasteiger partial charge is 0.370 e. The summed E-state index contributed by atoms with van der Waals surface area (Å²) in [5.41, 5.74) is 9.35. The summed E-state index contributed by atoms with van der Waals surface area (Å²) in [7, 11) is 0. The maximum absolute atomic E-state index is 12.9. The van der Waals surface area contributed by atoms with E-state index in [2.05, 4.69) is 10.3 Å². The minimum atomic E-state index is -0.357. The van der Waals surface area contributed by atoms with Gasteiger partial charge >= 0.3 is 0 Å². The standard InChI is InChI=1S/C24H22N4O2/c25-23(30)12-11-17-13-21-20(16-26-15-17)22(29)14-24(27-18-7-3-1-4-8-18)28(21)19-9-5-2-6-10-19/h1-10,14-16,27H,11-13H2,(H2,25,30). The van der Waals surface area contributed by atoms with Crippen molar-refractivity contribution < 1.29 is 4.79 Å². The van der Waals surface area contributed by atoms with Crippen molar-refractivity contribution in [1.29, 1.82) is 0 Å². The zero-order valence-corrected chi connectivity index (χ0v) is 16.4. The van der Waals surface area contributed by atoms with Crippen molar-refractivity contribution in [2.45, 2.75) is 19.3 Å². The third kappa shape index (κ3) is 4.22. The van der Waals surface area contributed by atoms with Crippen LogP contribution in [0, 0.1) is 0 Å². The fourth-order valence-electron chi connectivity index (χ4n) is 3.53. The summed E-state index contributed by atoms with van der Waals surface area (Å²) in [5.74, 6) is 0.310. The Morgan fingerprint density at radius 1 is 1.07 bits per heavy atom. The van der Waals surface area contributed by atoms with Gasteiger partial charge in [-0.25, -0.2) is 0 Å². The van der Waals surface area contributed by atoms with Crippen LogP contribution in [-0.4, -0.2) is 16.7 Å². The van der Waals surface area contributed by atoms with Crippen LogP contribution in [0.2, 0.25) is 0 Å². The van der Waals surface area contributed by atoms with Gasteiger partial charge in [-0.2, -0.15) is 0 Å². The first-order valence-electron chi connectivity index (χ1n) is 9.77. The molecule has 0 unspecified atom stereocenters. The molecule has 4 rings (SSSR count). The SMILES string of the molecule is NC(=O)CCC1=CN=Cc2c(n(-c3ccccc3)c(Nc3ccccc3)cc2=O)C1. The Morgan fingerprint density at radius 3 is 2.47 bits per heavy atom. The molecular weight excluding hydrogens is 376 g/mol. The van der Waals surface area contributed by atoms with E-state index in [4.69, 9.17) is 5.73 Å². The molecule has 1 aromatic heterocycles. The number of aliphatic imine (C=N–C) groups is 1. The molecule has 150 valence electrons. The smallest absolute Gasteiger partial charge is 0.217 e. The number of carbonyl (C=O) groups excluding carboxylic acids is 1. The number of nitrogens with two attached hydrogens (primary N) is 1. The molecule has 2 aromatic carbocycles. The Labute approximate surface area is 174 Å². The van der Waals surface area contributed by atoms with Crippen molar-refractivity contribution in [1.82, 2.24) is 4.57 Å². The highest BCUT2D eigenvalue weighted by Crippen LogP contribution is 2.26. The highest BCUT2D eigenvalue weighted by Gasteiger charge is 2.19. The first kappa shape index (κ1) is 19.4. The predicted molar refractivity (Wildman–Crippen MR) is 120 cm³/mol. The van der Waals surface area contributed by atoms with Gasteiger partial charge < -0.3 is 11.1 Å². The zero-order chi connectivity index (χ0) is 20.9. The molecule has 1 aliphatic rings. The molecule has 1 aliphatic heterocycles. The van der Waals surface area contributed by atoms with Crippen molar-refractivity contribution >= 4 is 23.6 Å². The molecule has 0 aliphatic carbocycles. The van der Waals surface area contributed by atoms with Crippen molar-refractivity contribution in [3.63, 3.8) is 0 Å². The van der Waals surface area contributed by atoms with Crippen molar-refractivity contribution in [3.8, 4) is 5.69 Å². The molecule has 1 amide bonds. The fourth-order valence-corrected chi connectivity index (χ4v) is 3.53. The Bertz CT molecular complexity index is 1180. The van der Waals surface area contributed by atoms with Crippen LogP contribution >= 0.6 is 0 Å². The molecule has 6 heteroatoms. The molecular formula is C24H22N4O2. The molecule has 0 radical (unpaired) electrons. The Hall–Kier alpha value is -3.93. The van der Waals surface area contributed by atoms with E-state index in [1.807, 2.05) is 65.2 Å². The number of nitrogens with one attached hydrogen (secondary N) is 1. The van der Waals surface area contributed by atoms with Gasteiger partial charge in [-0.15, -0.1) is 0 Å². The second-order valence-corrected chi connectivity index (χ2v) is 7.12. The van der Waals surface area contributed by atoms with Gasteiger partial charge in [0, 0.05) is 48.4 Å². The molecule has 0 atom stereocenters. The van der Waals surface area contributed by atoms with E-state index in [1.54, 1.807) is 18.5 Å². The Balaban J connectivity index is 1.86. The van der Waals surface area contributed by atoms with Gasteiger partial charge in [-0.3, -0.25) is 19.1 Å². The number of benzene rings is 2. The number of allylic oxidation sites excluding steroid dienone is 1. The summed E-state index contributed by atoms with van der Waals surface area (Å²) in [6.07, 6.45) is 4.57. The van der Waals surface area contributed by atoms with Gasteiger partial charge in [-0.05, 0) is 36.3 Å². The van der Waals surface area contributed by atoms with Crippen LogP contribution in [0.1, 0.15) is 24.1 Å². The minimum Gasteiger partial charge on any atom is -0.370 e. The predicted octanol–water partition coefficient (Wildman–Crippen LogP) is 3.71. The lowest BCUT2D eigenvalue weighted by Crippen LogP contribution is -2.21. The number of carbonyl (C=O) groups is 1.